The molecule has 2 rings (SSSR count). The Hall–Kier alpha value is -1.71. The Kier molecular flexibility index (Phi) is 2.73. The molecule has 0 unspecified atom stereocenters. The van der Waals surface area contributed by atoms with Gasteiger partial charge in [0.05, 0.1) is 12.0 Å². The van der Waals surface area contributed by atoms with Crippen LogP contribution in [0.1, 0.15) is 6.92 Å². The second-order valence-electron chi connectivity index (χ2n) is 3.27. The minimum atomic E-state index is -1.18. The first-order chi connectivity index (χ1) is 7.65. The van der Waals surface area contributed by atoms with E-state index < -0.39 is 17.5 Å². The van der Waals surface area contributed by atoms with Crippen LogP contribution >= 0.6 is 0 Å². The fraction of sp³-hybridized carbons (Fsp3) is 0.167. The highest BCUT2D eigenvalue weighted by Crippen LogP contribution is 2.29. The van der Waals surface area contributed by atoms with Gasteiger partial charge in [-0.3, -0.25) is 0 Å². The van der Waals surface area contributed by atoms with Crippen molar-refractivity contribution in [2.24, 2.45) is 0 Å². The summed E-state index contributed by atoms with van der Waals surface area (Å²) in [7, 11) is 0. The molecule has 1 nitrogen and oxygen atoms in total. The molecule has 0 radical (unpaired) electrons. The Morgan fingerprint density at radius 2 is 1.69 bits per heavy atom. The number of halogens is 3. The smallest absolute Gasteiger partial charge is 0.175 e. The maximum atomic E-state index is 13.8. The SMILES string of the molecule is CCOc1ccc2ccc(F)c(F)c2c1F. The molecule has 0 heterocycles. The van der Waals surface area contributed by atoms with Gasteiger partial charge < -0.3 is 4.74 Å². The fourth-order valence-corrected chi connectivity index (χ4v) is 1.56. The molecule has 0 aromatic heterocycles. The van der Waals surface area contributed by atoms with Gasteiger partial charge in [0.15, 0.2) is 23.2 Å². The lowest BCUT2D eigenvalue weighted by molar-refractivity contribution is 0.322. The summed E-state index contributed by atoms with van der Waals surface area (Å²) in [5.41, 5.74) is 0. The van der Waals surface area contributed by atoms with Crippen LogP contribution in [-0.4, -0.2) is 6.61 Å². The second kappa shape index (κ2) is 4.04. The second-order valence-corrected chi connectivity index (χ2v) is 3.27. The summed E-state index contributed by atoms with van der Waals surface area (Å²) in [5, 5.41) is -0.0641. The van der Waals surface area contributed by atoms with Crippen LogP contribution in [0.2, 0.25) is 0 Å². The fourth-order valence-electron chi connectivity index (χ4n) is 1.56. The normalized spacial score (nSPS) is 10.8. The van der Waals surface area contributed by atoms with Gasteiger partial charge in [-0.05, 0) is 24.4 Å². The molecule has 0 saturated carbocycles. The van der Waals surface area contributed by atoms with Crippen molar-refractivity contribution < 1.29 is 17.9 Å². The maximum Gasteiger partial charge on any atom is 0.175 e. The van der Waals surface area contributed by atoms with Crippen LogP contribution in [0.5, 0.6) is 5.75 Å². The van der Waals surface area contributed by atoms with Gasteiger partial charge in [-0.15, -0.1) is 0 Å². The summed E-state index contributed by atoms with van der Waals surface area (Å²) in [6, 6.07) is 5.19. The topological polar surface area (TPSA) is 9.23 Å². The van der Waals surface area contributed by atoms with Crippen LogP contribution in [0.15, 0.2) is 24.3 Å². The Morgan fingerprint density at radius 3 is 2.38 bits per heavy atom. The molecule has 0 saturated heterocycles. The lowest BCUT2D eigenvalue weighted by Gasteiger charge is -2.08. The Bertz CT molecular complexity index is 537. The van der Waals surface area contributed by atoms with Gasteiger partial charge in [0.25, 0.3) is 0 Å². The van der Waals surface area contributed by atoms with E-state index in [1.807, 2.05) is 0 Å². The van der Waals surface area contributed by atoms with Crippen molar-refractivity contribution in [2.45, 2.75) is 6.92 Å². The van der Waals surface area contributed by atoms with Crippen molar-refractivity contribution in [1.82, 2.24) is 0 Å². The maximum absolute atomic E-state index is 13.8. The van der Waals surface area contributed by atoms with Gasteiger partial charge in [-0.25, -0.2) is 13.2 Å². The first-order valence-electron chi connectivity index (χ1n) is 4.84. The van der Waals surface area contributed by atoms with Gasteiger partial charge in [0, 0.05) is 0 Å². The van der Waals surface area contributed by atoms with Gasteiger partial charge >= 0.3 is 0 Å². The van der Waals surface area contributed by atoms with Gasteiger partial charge in [0.2, 0.25) is 0 Å². The highest BCUT2D eigenvalue weighted by atomic mass is 19.2. The van der Waals surface area contributed by atoms with Crippen molar-refractivity contribution in [1.29, 1.82) is 0 Å². The van der Waals surface area contributed by atoms with E-state index in [-0.39, 0.29) is 17.7 Å². The average molecular weight is 226 g/mol. The molecule has 0 atom stereocenters. The van der Waals surface area contributed by atoms with Gasteiger partial charge in [0.1, 0.15) is 0 Å². The molecule has 0 spiro atoms. The molecular weight excluding hydrogens is 217 g/mol. The molecule has 2 aromatic rings. The highest BCUT2D eigenvalue weighted by molar-refractivity contribution is 5.85. The van der Waals surface area contributed by atoms with E-state index in [9.17, 15) is 13.2 Å². The molecule has 0 amide bonds. The quantitative estimate of drug-likeness (QED) is 0.759. The number of hydrogen-bond donors (Lipinski definition) is 0. The molecular formula is C12H9F3O. The monoisotopic (exact) mass is 226 g/mol. The van der Waals surface area contributed by atoms with Crippen molar-refractivity contribution >= 4 is 10.8 Å². The zero-order valence-electron chi connectivity index (χ0n) is 8.56. The van der Waals surface area contributed by atoms with Crippen molar-refractivity contribution in [3.8, 4) is 5.75 Å². The molecule has 84 valence electrons. The molecule has 0 aliphatic carbocycles. The van der Waals surface area contributed by atoms with E-state index >= 15 is 0 Å². The Morgan fingerprint density at radius 1 is 1.00 bits per heavy atom. The summed E-state index contributed by atoms with van der Waals surface area (Å²) in [4.78, 5) is 0. The summed E-state index contributed by atoms with van der Waals surface area (Å²) in [5.74, 6) is -3.19. The molecule has 2 aromatic carbocycles. The predicted molar refractivity (Wildman–Crippen MR) is 55.0 cm³/mol. The lowest BCUT2D eigenvalue weighted by Crippen LogP contribution is -1.97. The van der Waals surface area contributed by atoms with Gasteiger partial charge in [-0.2, -0.15) is 0 Å². The number of hydrogen-bond acceptors (Lipinski definition) is 1. The van der Waals surface area contributed by atoms with Crippen LogP contribution < -0.4 is 4.74 Å². The Balaban J connectivity index is 2.76. The molecule has 0 aliphatic rings. The number of rotatable bonds is 2. The zero-order valence-corrected chi connectivity index (χ0v) is 8.56. The largest absolute Gasteiger partial charge is 0.491 e. The number of ether oxygens (including phenoxy) is 1. The van der Waals surface area contributed by atoms with Gasteiger partial charge in [-0.1, -0.05) is 12.1 Å². The van der Waals surface area contributed by atoms with Crippen LogP contribution in [0, 0.1) is 17.5 Å². The standard InChI is InChI=1S/C12H9F3O/c1-2-16-9-6-4-7-3-5-8(13)11(14)10(7)12(9)15/h3-6H,2H2,1H3. The third-order valence-electron chi connectivity index (χ3n) is 2.28. The Labute approximate surface area is 90.5 Å². The van der Waals surface area contributed by atoms with Crippen LogP contribution in [0.25, 0.3) is 10.8 Å². The predicted octanol–water partition coefficient (Wildman–Crippen LogP) is 3.66. The first kappa shape index (κ1) is 10.8. The summed E-state index contributed by atoms with van der Waals surface area (Å²) < 4.78 is 45.1. The molecule has 0 aliphatic heterocycles. The summed E-state index contributed by atoms with van der Waals surface area (Å²) in [6.45, 7) is 1.95. The van der Waals surface area contributed by atoms with Crippen molar-refractivity contribution in [3.05, 3.63) is 41.7 Å². The van der Waals surface area contributed by atoms with E-state index in [2.05, 4.69) is 0 Å². The van der Waals surface area contributed by atoms with Crippen molar-refractivity contribution in [2.75, 3.05) is 6.61 Å². The molecule has 0 fully saturated rings. The van der Waals surface area contributed by atoms with E-state index in [4.69, 9.17) is 4.74 Å². The minimum absolute atomic E-state index is 0.0699. The van der Waals surface area contributed by atoms with E-state index in [1.54, 1.807) is 6.92 Å². The van der Waals surface area contributed by atoms with Crippen molar-refractivity contribution in [3.63, 3.8) is 0 Å². The number of fused-ring (bicyclic) bond motifs is 1. The molecule has 0 N–H and O–H groups in total. The zero-order chi connectivity index (χ0) is 11.7. The summed E-state index contributed by atoms with van der Waals surface area (Å²) >= 11 is 0. The first-order valence-corrected chi connectivity index (χ1v) is 4.84. The molecule has 4 heteroatoms. The van der Waals surface area contributed by atoms with Crippen LogP contribution in [0.4, 0.5) is 13.2 Å². The van der Waals surface area contributed by atoms with E-state index in [1.165, 1.54) is 18.2 Å². The third kappa shape index (κ3) is 1.60. The lowest BCUT2D eigenvalue weighted by atomic mass is 10.1. The van der Waals surface area contributed by atoms with E-state index in [0.717, 1.165) is 6.07 Å². The average Bonchev–Trinajstić information content (AvgIpc) is 2.27. The highest BCUT2D eigenvalue weighted by Gasteiger charge is 2.15. The summed E-state index contributed by atoms with van der Waals surface area (Å²) in [6.07, 6.45) is 0. The van der Waals surface area contributed by atoms with E-state index in [0.29, 0.717) is 5.39 Å². The molecule has 16 heavy (non-hydrogen) atoms. The number of benzene rings is 2. The van der Waals surface area contributed by atoms with Crippen LogP contribution in [-0.2, 0) is 0 Å². The third-order valence-corrected chi connectivity index (χ3v) is 2.28. The molecule has 0 bridgehead atoms. The van der Waals surface area contributed by atoms with Crippen LogP contribution in [0.3, 0.4) is 0 Å². The minimum Gasteiger partial charge on any atom is -0.491 e.